The molecule has 4 heteroatoms. The van der Waals surface area contributed by atoms with Gasteiger partial charge in [-0.15, -0.1) is 0 Å². The summed E-state index contributed by atoms with van der Waals surface area (Å²) in [5.41, 5.74) is 1.77. The molecule has 0 bridgehead atoms. The normalized spacial score (nSPS) is 13.8. The summed E-state index contributed by atoms with van der Waals surface area (Å²) in [4.78, 5) is 17.3. The van der Waals surface area contributed by atoms with Crippen molar-refractivity contribution < 1.29 is 9.53 Å². The first kappa shape index (κ1) is 11.4. The monoisotopic (exact) mass is 230 g/mol. The number of amides is 1. The van der Waals surface area contributed by atoms with Gasteiger partial charge in [0.15, 0.2) is 0 Å². The van der Waals surface area contributed by atoms with Crippen LogP contribution >= 0.6 is 0 Å². The van der Waals surface area contributed by atoms with Gasteiger partial charge in [-0.1, -0.05) is 0 Å². The Balaban J connectivity index is 2.49. The van der Waals surface area contributed by atoms with Crippen molar-refractivity contribution in [2.45, 2.75) is 13.8 Å². The van der Waals surface area contributed by atoms with E-state index in [1.807, 2.05) is 31.2 Å². The van der Waals surface area contributed by atoms with Crippen LogP contribution in [0.15, 0.2) is 29.4 Å². The lowest BCUT2D eigenvalue weighted by Gasteiger charge is -2.13. The number of nitrogens with zero attached hydrogens (tertiary/aromatic N) is 2. The van der Waals surface area contributed by atoms with E-state index in [2.05, 4.69) is 4.99 Å². The molecule has 88 valence electrons. The van der Waals surface area contributed by atoms with Crippen LogP contribution in [0.25, 0.3) is 6.08 Å². The van der Waals surface area contributed by atoms with Crippen LogP contribution in [0.5, 0.6) is 5.75 Å². The molecule has 0 N–H and O–H groups in total. The highest BCUT2D eigenvalue weighted by Gasteiger charge is 2.13. The number of hydrogen-bond acceptors (Lipinski definition) is 3. The molecule has 0 saturated carbocycles. The van der Waals surface area contributed by atoms with Crippen LogP contribution in [0.3, 0.4) is 0 Å². The number of benzene rings is 1. The third-order valence-electron chi connectivity index (χ3n) is 2.61. The van der Waals surface area contributed by atoms with Gasteiger partial charge in [0.2, 0.25) is 5.91 Å². The lowest BCUT2D eigenvalue weighted by molar-refractivity contribution is -0.123. The Hall–Kier alpha value is -2.10. The minimum Gasteiger partial charge on any atom is -0.497 e. The molecule has 0 aliphatic carbocycles. The Morgan fingerprint density at radius 3 is 2.82 bits per heavy atom. The van der Waals surface area contributed by atoms with Crippen LogP contribution in [0, 0.1) is 0 Å². The van der Waals surface area contributed by atoms with Crippen LogP contribution in [0.2, 0.25) is 0 Å². The first-order chi connectivity index (χ1) is 8.11. The maximum Gasteiger partial charge on any atom is 0.228 e. The van der Waals surface area contributed by atoms with E-state index in [9.17, 15) is 4.79 Å². The number of hydrogen-bond donors (Lipinski definition) is 0. The Bertz CT molecular complexity index is 518. The number of rotatable bonds is 1. The van der Waals surface area contributed by atoms with Crippen LogP contribution in [-0.4, -0.2) is 23.8 Å². The van der Waals surface area contributed by atoms with E-state index in [1.54, 1.807) is 13.3 Å². The van der Waals surface area contributed by atoms with Crippen LogP contribution < -0.4 is 4.74 Å². The minimum atomic E-state index is -0.0535. The lowest BCUT2D eigenvalue weighted by atomic mass is 10.1. The molecule has 2 rings (SSSR count). The van der Waals surface area contributed by atoms with Gasteiger partial charge in [0.1, 0.15) is 11.6 Å². The number of carbonyl (C=O) groups is 1. The summed E-state index contributed by atoms with van der Waals surface area (Å²) in [5, 5.41) is 0. The van der Waals surface area contributed by atoms with Gasteiger partial charge >= 0.3 is 0 Å². The second-order valence-corrected chi connectivity index (χ2v) is 3.79. The van der Waals surface area contributed by atoms with E-state index in [4.69, 9.17) is 4.74 Å². The Morgan fingerprint density at radius 2 is 2.18 bits per heavy atom. The summed E-state index contributed by atoms with van der Waals surface area (Å²) in [6.45, 7) is 3.32. The largest absolute Gasteiger partial charge is 0.497 e. The maximum absolute atomic E-state index is 11.4. The van der Waals surface area contributed by atoms with Crippen LogP contribution in [0.1, 0.15) is 19.4 Å². The molecule has 1 aromatic rings. The third-order valence-corrected chi connectivity index (χ3v) is 2.61. The van der Waals surface area contributed by atoms with Crippen molar-refractivity contribution in [3.63, 3.8) is 0 Å². The van der Waals surface area contributed by atoms with Crippen molar-refractivity contribution in [3.05, 3.63) is 30.0 Å². The van der Waals surface area contributed by atoms with E-state index >= 15 is 0 Å². The second-order valence-electron chi connectivity index (χ2n) is 3.79. The first-order valence-corrected chi connectivity index (χ1v) is 5.33. The fourth-order valence-corrected chi connectivity index (χ4v) is 1.72. The lowest BCUT2D eigenvalue weighted by Crippen LogP contribution is -2.27. The zero-order chi connectivity index (χ0) is 12.4. The second kappa shape index (κ2) is 4.41. The predicted molar refractivity (Wildman–Crippen MR) is 67.3 cm³/mol. The average Bonchev–Trinajstić information content (AvgIpc) is 2.46. The molecule has 0 spiro atoms. The molecule has 1 aliphatic rings. The Labute approximate surface area is 100 Å². The average molecular weight is 230 g/mol. The van der Waals surface area contributed by atoms with Crippen molar-refractivity contribution in [2.75, 3.05) is 7.11 Å². The molecular formula is C13H14N2O2. The molecular weight excluding hydrogens is 216 g/mol. The van der Waals surface area contributed by atoms with Gasteiger partial charge in [0.25, 0.3) is 0 Å². The predicted octanol–water partition coefficient (Wildman–Crippen LogP) is 2.58. The van der Waals surface area contributed by atoms with E-state index in [1.165, 1.54) is 11.8 Å². The molecule has 0 aromatic heterocycles. The molecule has 17 heavy (non-hydrogen) atoms. The van der Waals surface area contributed by atoms with E-state index in [0.717, 1.165) is 17.0 Å². The van der Waals surface area contributed by atoms with Gasteiger partial charge in [0, 0.05) is 18.7 Å². The van der Waals surface area contributed by atoms with Gasteiger partial charge in [0.05, 0.1) is 12.8 Å². The number of ether oxygens (including phenoxy) is 1. The van der Waals surface area contributed by atoms with Crippen LogP contribution in [0.4, 0.5) is 5.69 Å². The number of amidine groups is 1. The zero-order valence-corrected chi connectivity index (χ0v) is 10.1. The van der Waals surface area contributed by atoms with E-state index in [0.29, 0.717) is 5.84 Å². The summed E-state index contributed by atoms with van der Waals surface area (Å²) < 4.78 is 5.16. The molecule has 1 aromatic carbocycles. The summed E-state index contributed by atoms with van der Waals surface area (Å²) in [5.74, 6) is 1.39. The summed E-state index contributed by atoms with van der Waals surface area (Å²) in [6, 6.07) is 5.63. The fraction of sp³-hybridized carbons (Fsp3) is 0.231. The third kappa shape index (κ3) is 2.20. The van der Waals surface area contributed by atoms with Gasteiger partial charge < -0.3 is 4.74 Å². The maximum atomic E-state index is 11.4. The summed E-state index contributed by atoms with van der Waals surface area (Å²) >= 11 is 0. The molecule has 1 heterocycles. The zero-order valence-electron chi connectivity index (χ0n) is 10.1. The first-order valence-electron chi connectivity index (χ1n) is 5.33. The van der Waals surface area contributed by atoms with Gasteiger partial charge in [-0.3, -0.25) is 9.69 Å². The smallest absolute Gasteiger partial charge is 0.228 e. The standard InChI is InChI=1S/C13H14N2O2/c1-9-14-13-5-4-12(17-3)8-11(13)6-7-15(9)10(2)16/h4-8H,1-3H3. The van der Waals surface area contributed by atoms with Gasteiger partial charge in [-0.2, -0.15) is 0 Å². The quantitative estimate of drug-likeness (QED) is 0.744. The van der Waals surface area contributed by atoms with Crippen molar-refractivity contribution >= 4 is 23.5 Å². The molecule has 1 aliphatic heterocycles. The summed E-state index contributed by atoms with van der Waals surface area (Å²) in [7, 11) is 1.62. The molecule has 0 unspecified atom stereocenters. The van der Waals surface area contributed by atoms with Gasteiger partial charge in [-0.25, -0.2) is 4.99 Å². The van der Waals surface area contributed by atoms with Crippen molar-refractivity contribution in [2.24, 2.45) is 4.99 Å². The van der Waals surface area contributed by atoms with Crippen molar-refractivity contribution in [1.82, 2.24) is 4.90 Å². The number of fused-ring (bicyclic) bond motifs is 1. The minimum absolute atomic E-state index is 0.0535. The Morgan fingerprint density at radius 1 is 1.41 bits per heavy atom. The van der Waals surface area contributed by atoms with Crippen LogP contribution in [-0.2, 0) is 4.79 Å². The highest BCUT2D eigenvalue weighted by Crippen LogP contribution is 2.28. The molecule has 0 atom stereocenters. The SMILES string of the molecule is COc1ccc2c(c1)C=CN(C(C)=O)C(C)=N2. The van der Waals surface area contributed by atoms with E-state index in [-0.39, 0.29) is 5.91 Å². The van der Waals surface area contributed by atoms with Crippen molar-refractivity contribution in [1.29, 1.82) is 0 Å². The number of carbonyl (C=O) groups excluding carboxylic acids is 1. The number of methoxy groups -OCH3 is 1. The highest BCUT2D eigenvalue weighted by molar-refractivity contribution is 6.00. The fourth-order valence-electron chi connectivity index (χ4n) is 1.72. The molecule has 0 saturated heterocycles. The summed E-state index contributed by atoms with van der Waals surface area (Å²) in [6.07, 6.45) is 3.59. The topological polar surface area (TPSA) is 41.9 Å². The van der Waals surface area contributed by atoms with E-state index < -0.39 is 0 Å². The number of aliphatic imine (C=N–C) groups is 1. The molecule has 4 nitrogen and oxygen atoms in total. The highest BCUT2D eigenvalue weighted by atomic mass is 16.5. The van der Waals surface area contributed by atoms with Gasteiger partial charge in [-0.05, 0) is 31.2 Å². The Kier molecular flexibility index (Phi) is 2.95. The van der Waals surface area contributed by atoms with Crippen molar-refractivity contribution in [3.8, 4) is 5.75 Å². The molecule has 0 radical (unpaired) electrons. The molecule has 0 fully saturated rings. The molecule has 1 amide bonds.